The molecular weight excluding hydrogens is 260 g/mol. The van der Waals surface area contributed by atoms with Crippen molar-refractivity contribution in [3.63, 3.8) is 0 Å². The predicted molar refractivity (Wildman–Crippen MR) is 78.2 cm³/mol. The van der Waals surface area contributed by atoms with Crippen LogP contribution in [0, 0.1) is 5.41 Å². The Morgan fingerprint density at radius 3 is 2.79 bits per heavy atom. The molecule has 0 amide bonds. The maximum atomic E-state index is 11.3. The van der Waals surface area contributed by atoms with Gasteiger partial charge in [-0.3, -0.25) is 4.79 Å². The van der Waals surface area contributed by atoms with E-state index in [-0.39, 0.29) is 5.41 Å². The van der Waals surface area contributed by atoms with E-state index in [1.165, 1.54) is 0 Å². The number of hydrogen-bond donors (Lipinski definition) is 1. The van der Waals surface area contributed by atoms with Crippen molar-refractivity contribution in [1.29, 1.82) is 0 Å². The third-order valence-electron chi connectivity index (χ3n) is 3.28. The molecule has 2 rings (SSSR count). The van der Waals surface area contributed by atoms with Gasteiger partial charge in [0.25, 0.3) is 0 Å². The largest absolute Gasteiger partial charge is 0.481 e. The van der Waals surface area contributed by atoms with Crippen molar-refractivity contribution in [2.75, 3.05) is 18.5 Å². The zero-order chi connectivity index (χ0) is 14.2. The highest BCUT2D eigenvalue weighted by Crippen LogP contribution is 2.38. The van der Waals surface area contributed by atoms with Gasteiger partial charge in [-0.1, -0.05) is 20.8 Å². The molecule has 4 nitrogen and oxygen atoms in total. The molecule has 1 aromatic rings. The van der Waals surface area contributed by atoms with Crippen LogP contribution in [0.3, 0.4) is 0 Å². The number of aryl methyl sites for hydroxylation is 1. The van der Waals surface area contributed by atoms with Crippen LogP contribution in [0.1, 0.15) is 50.1 Å². The van der Waals surface area contributed by atoms with Crippen LogP contribution in [0.2, 0.25) is 0 Å². The maximum Gasteiger partial charge on any atom is 0.312 e. The number of aliphatic carboxylic acids is 1. The van der Waals surface area contributed by atoms with Gasteiger partial charge in [0.15, 0.2) is 5.13 Å². The number of carboxylic acids is 1. The number of thiazole rings is 1. The molecule has 0 aliphatic heterocycles. The van der Waals surface area contributed by atoms with Crippen molar-refractivity contribution < 1.29 is 9.90 Å². The molecule has 1 N–H and O–H groups in total. The van der Waals surface area contributed by atoms with Gasteiger partial charge in [-0.15, -0.1) is 11.3 Å². The number of nitrogens with zero attached hydrogens (tertiary/aromatic N) is 2. The summed E-state index contributed by atoms with van der Waals surface area (Å²) in [5.74, 6) is -1.15. The summed E-state index contributed by atoms with van der Waals surface area (Å²) in [5.41, 5.74) is 1.01. The summed E-state index contributed by atoms with van der Waals surface area (Å²) in [5, 5.41) is 10.2. The fourth-order valence-electron chi connectivity index (χ4n) is 2.59. The first kappa shape index (κ1) is 14.3. The number of aromatic nitrogens is 1. The molecule has 0 bridgehead atoms. The number of carboxylic acid groups (broad SMARTS) is 1. The van der Waals surface area contributed by atoms with Crippen molar-refractivity contribution in [1.82, 2.24) is 4.98 Å². The second kappa shape index (κ2) is 5.12. The van der Waals surface area contributed by atoms with Gasteiger partial charge >= 0.3 is 5.97 Å². The highest BCUT2D eigenvalue weighted by Gasteiger charge is 2.30. The quantitative estimate of drug-likeness (QED) is 0.925. The average Bonchev–Trinajstić information content (AvgIpc) is 2.69. The Kier molecular flexibility index (Phi) is 3.85. The Labute approximate surface area is 118 Å². The van der Waals surface area contributed by atoms with Crippen LogP contribution >= 0.6 is 11.3 Å². The molecule has 1 aliphatic rings. The van der Waals surface area contributed by atoms with Crippen LogP contribution in [0.15, 0.2) is 0 Å². The molecule has 0 fully saturated rings. The molecule has 0 saturated carbocycles. The first-order valence-corrected chi connectivity index (χ1v) is 7.53. The highest BCUT2D eigenvalue weighted by atomic mass is 32.1. The summed E-state index contributed by atoms with van der Waals surface area (Å²) in [6.45, 7) is 7.49. The van der Waals surface area contributed by atoms with Gasteiger partial charge < -0.3 is 10.0 Å². The van der Waals surface area contributed by atoms with E-state index in [1.807, 2.05) is 7.05 Å². The number of carbonyl (C=O) groups is 1. The number of rotatable bonds is 3. The lowest BCUT2D eigenvalue weighted by atomic mass is 9.91. The van der Waals surface area contributed by atoms with Gasteiger partial charge in [0.05, 0.1) is 5.69 Å². The van der Waals surface area contributed by atoms with Gasteiger partial charge in [-0.05, 0) is 24.7 Å². The zero-order valence-electron chi connectivity index (χ0n) is 12.1. The van der Waals surface area contributed by atoms with Crippen molar-refractivity contribution in [3.05, 3.63) is 10.6 Å². The Bertz CT molecular complexity index is 476. The number of hydrogen-bond acceptors (Lipinski definition) is 4. The second-order valence-electron chi connectivity index (χ2n) is 6.50. The molecule has 1 aliphatic carbocycles. The average molecular weight is 282 g/mol. The van der Waals surface area contributed by atoms with Crippen LogP contribution in [0.5, 0.6) is 0 Å². The van der Waals surface area contributed by atoms with Crippen molar-refractivity contribution in [3.8, 4) is 0 Å². The Morgan fingerprint density at radius 1 is 1.53 bits per heavy atom. The summed E-state index contributed by atoms with van der Waals surface area (Å²) in [6.07, 6.45) is 2.64. The lowest BCUT2D eigenvalue weighted by Crippen LogP contribution is -2.29. The fraction of sp³-hybridized carbons (Fsp3) is 0.714. The van der Waals surface area contributed by atoms with Gasteiger partial charge in [0.2, 0.25) is 0 Å². The minimum Gasteiger partial charge on any atom is -0.481 e. The lowest BCUT2D eigenvalue weighted by Gasteiger charge is -2.26. The normalized spacial score (nSPS) is 19.1. The predicted octanol–water partition coefficient (Wildman–Crippen LogP) is 3.13. The molecule has 0 aromatic carbocycles. The van der Waals surface area contributed by atoms with Crippen LogP contribution in [-0.2, 0) is 11.2 Å². The third kappa shape index (κ3) is 3.26. The zero-order valence-corrected chi connectivity index (χ0v) is 12.9. The van der Waals surface area contributed by atoms with Crippen molar-refractivity contribution in [2.24, 2.45) is 5.41 Å². The molecule has 0 saturated heterocycles. The maximum absolute atomic E-state index is 11.3. The Balaban J connectivity index is 2.24. The Morgan fingerprint density at radius 2 is 2.21 bits per heavy atom. The molecule has 106 valence electrons. The first-order valence-electron chi connectivity index (χ1n) is 6.71. The summed E-state index contributed by atoms with van der Waals surface area (Å²) >= 11 is 1.66. The van der Waals surface area contributed by atoms with Gasteiger partial charge in [0.1, 0.15) is 5.92 Å². The van der Waals surface area contributed by atoms with E-state index >= 15 is 0 Å². The van der Waals surface area contributed by atoms with Crippen molar-refractivity contribution >= 4 is 22.4 Å². The fourth-order valence-corrected chi connectivity index (χ4v) is 3.71. The van der Waals surface area contributed by atoms with Gasteiger partial charge in [-0.25, -0.2) is 4.98 Å². The van der Waals surface area contributed by atoms with Gasteiger partial charge in [0, 0.05) is 18.5 Å². The van der Waals surface area contributed by atoms with E-state index in [0.717, 1.165) is 35.1 Å². The van der Waals surface area contributed by atoms with E-state index in [4.69, 9.17) is 0 Å². The van der Waals surface area contributed by atoms with E-state index in [2.05, 4.69) is 30.7 Å². The van der Waals surface area contributed by atoms with Crippen molar-refractivity contribution in [2.45, 2.75) is 46.0 Å². The van der Waals surface area contributed by atoms with E-state index in [0.29, 0.717) is 6.42 Å². The summed E-state index contributed by atoms with van der Waals surface area (Å²) < 4.78 is 0. The molecule has 1 aromatic heterocycles. The minimum atomic E-state index is -0.740. The summed E-state index contributed by atoms with van der Waals surface area (Å²) in [4.78, 5) is 19.2. The molecule has 19 heavy (non-hydrogen) atoms. The van der Waals surface area contributed by atoms with E-state index in [9.17, 15) is 9.90 Å². The van der Waals surface area contributed by atoms with Gasteiger partial charge in [-0.2, -0.15) is 0 Å². The topological polar surface area (TPSA) is 53.4 Å². The molecule has 0 radical (unpaired) electrons. The SMILES string of the molecule is CN(CC(C)(C)C)c1nc2c(s1)CCCC2C(=O)O. The second-order valence-corrected chi connectivity index (χ2v) is 7.57. The number of anilines is 1. The Hall–Kier alpha value is -1.10. The molecular formula is C14H22N2O2S. The van der Waals surface area contributed by atoms with Crippen LogP contribution in [0.25, 0.3) is 0 Å². The highest BCUT2D eigenvalue weighted by molar-refractivity contribution is 7.15. The molecule has 5 heteroatoms. The van der Waals surface area contributed by atoms with E-state index in [1.54, 1.807) is 11.3 Å². The molecule has 1 atom stereocenters. The number of fused-ring (bicyclic) bond motifs is 1. The third-order valence-corrected chi connectivity index (χ3v) is 4.52. The summed E-state index contributed by atoms with van der Waals surface area (Å²) in [6, 6.07) is 0. The van der Waals surface area contributed by atoms with Crippen LogP contribution in [-0.4, -0.2) is 29.7 Å². The monoisotopic (exact) mass is 282 g/mol. The standard InChI is InChI=1S/C14H22N2O2S/c1-14(2,3)8-16(4)13-15-11-9(12(17)18)6-5-7-10(11)19-13/h9H,5-8H2,1-4H3,(H,17,18). The lowest BCUT2D eigenvalue weighted by molar-refractivity contribution is -0.139. The first-order chi connectivity index (χ1) is 8.78. The molecule has 1 unspecified atom stereocenters. The van der Waals surface area contributed by atoms with Crippen LogP contribution in [0.4, 0.5) is 5.13 Å². The smallest absolute Gasteiger partial charge is 0.312 e. The molecule has 0 spiro atoms. The molecule has 1 heterocycles. The minimum absolute atomic E-state index is 0.202. The van der Waals surface area contributed by atoms with E-state index < -0.39 is 11.9 Å². The van der Waals surface area contributed by atoms with Crippen LogP contribution < -0.4 is 4.90 Å². The summed E-state index contributed by atoms with van der Waals surface area (Å²) in [7, 11) is 2.03.